The van der Waals surface area contributed by atoms with Gasteiger partial charge in [-0.05, 0) is 25.5 Å². The van der Waals surface area contributed by atoms with Crippen LogP contribution in [0.15, 0.2) is 18.2 Å². The molecule has 4 heteroatoms. The Kier molecular flexibility index (Phi) is 5.91. The van der Waals surface area contributed by atoms with Crippen LogP contribution in [0.5, 0.6) is 5.75 Å². The van der Waals surface area contributed by atoms with Gasteiger partial charge in [0.25, 0.3) is 0 Å². The Morgan fingerprint density at radius 3 is 2.88 bits per heavy atom. The number of ether oxygens (including phenoxy) is 2. The van der Waals surface area contributed by atoms with E-state index in [-0.39, 0.29) is 0 Å². The van der Waals surface area contributed by atoms with Crippen molar-refractivity contribution >= 4 is 5.69 Å². The highest BCUT2D eigenvalue weighted by atomic mass is 16.5. The molecule has 1 aromatic rings. The van der Waals surface area contributed by atoms with Crippen molar-refractivity contribution in [3.63, 3.8) is 0 Å². The molecule has 0 aromatic heterocycles. The number of nitrogens with zero attached hydrogens (tertiary/aromatic N) is 1. The number of anilines is 1. The third-order valence-corrected chi connectivity index (χ3v) is 2.34. The van der Waals surface area contributed by atoms with Crippen LogP contribution in [0.3, 0.4) is 0 Å². The van der Waals surface area contributed by atoms with Gasteiger partial charge in [-0.3, -0.25) is 0 Å². The molecule has 0 saturated carbocycles. The van der Waals surface area contributed by atoms with Gasteiger partial charge in [-0.15, -0.1) is 0 Å². The number of rotatable bonds is 7. The average Bonchev–Trinajstić information content (AvgIpc) is 2.38. The van der Waals surface area contributed by atoms with Gasteiger partial charge in [-0.1, -0.05) is 6.07 Å². The van der Waals surface area contributed by atoms with Crippen LogP contribution < -0.4 is 10.1 Å². The second-order valence-corrected chi connectivity index (χ2v) is 3.47. The van der Waals surface area contributed by atoms with Crippen molar-refractivity contribution < 1.29 is 9.47 Å². The summed E-state index contributed by atoms with van der Waals surface area (Å²) in [5, 5.41) is 12.2. The monoisotopic (exact) mass is 234 g/mol. The second kappa shape index (κ2) is 7.53. The third kappa shape index (κ3) is 3.97. The first-order chi connectivity index (χ1) is 8.33. The van der Waals surface area contributed by atoms with Crippen LogP contribution in [0.25, 0.3) is 0 Å². The van der Waals surface area contributed by atoms with Crippen molar-refractivity contribution in [3.05, 3.63) is 23.8 Å². The van der Waals surface area contributed by atoms with Crippen molar-refractivity contribution in [1.82, 2.24) is 0 Å². The lowest BCUT2D eigenvalue weighted by Gasteiger charge is -2.12. The van der Waals surface area contributed by atoms with Crippen molar-refractivity contribution in [2.45, 2.75) is 13.3 Å². The predicted molar refractivity (Wildman–Crippen MR) is 67.3 cm³/mol. The molecule has 0 aliphatic carbocycles. The molecule has 0 unspecified atom stereocenters. The summed E-state index contributed by atoms with van der Waals surface area (Å²) in [5.74, 6) is 0.695. The molecule has 0 saturated heterocycles. The number of nitrogens with one attached hydrogen (secondary N) is 1. The molecule has 0 atom stereocenters. The molecule has 92 valence electrons. The summed E-state index contributed by atoms with van der Waals surface area (Å²) in [6.45, 7) is 4.19. The van der Waals surface area contributed by atoms with Gasteiger partial charge in [0.2, 0.25) is 0 Å². The number of benzene rings is 1. The molecule has 0 aliphatic rings. The first-order valence-corrected chi connectivity index (χ1v) is 5.72. The number of hydrogen-bond acceptors (Lipinski definition) is 4. The van der Waals surface area contributed by atoms with E-state index in [2.05, 4.69) is 11.4 Å². The summed E-state index contributed by atoms with van der Waals surface area (Å²) >= 11 is 0. The van der Waals surface area contributed by atoms with Crippen LogP contribution in [0.4, 0.5) is 5.69 Å². The largest absolute Gasteiger partial charge is 0.495 e. The van der Waals surface area contributed by atoms with Gasteiger partial charge in [0.15, 0.2) is 0 Å². The van der Waals surface area contributed by atoms with Gasteiger partial charge in [-0.2, -0.15) is 5.26 Å². The number of nitriles is 1. The van der Waals surface area contributed by atoms with Crippen LogP contribution in [0.1, 0.15) is 18.9 Å². The van der Waals surface area contributed by atoms with Crippen LogP contribution in [0, 0.1) is 11.3 Å². The molecular weight excluding hydrogens is 216 g/mol. The highest BCUT2D eigenvalue weighted by Gasteiger charge is 2.07. The highest BCUT2D eigenvalue weighted by molar-refractivity contribution is 5.66. The molecule has 0 amide bonds. The molecule has 0 heterocycles. The van der Waals surface area contributed by atoms with Gasteiger partial charge in [0.05, 0.1) is 18.4 Å². The summed E-state index contributed by atoms with van der Waals surface area (Å²) in [5.41, 5.74) is 1.36. The summed E-state index contributed by atoms with van der Waals surface area (Å²) in [6, 6.07) is 7.57. The molecule has 17 heavy (non-hydrogen) atoms. The van der Waals surface area contributed by atoms with Crippen LogP contribution in [-0.2, 0) is 4.74 Å². The van der Waals surface area contributed by atoms with Crippen LogP contribution in [-0.4, -0.2) is 26.9 Å². The molecular formula is C13H18N2O2. The molecule has 0 bridgehead atoms. The highest BCUT2D eigenvalue weighted by Crippen LogP contribution is 2.27. The van der Waals surface area contributed by atoms with Gasteiger partial charge < -0.3 is 14.8 Å². The molecule has 4 nitrogen and oxygen atoms in total. The lowest BCUT2D eigenvalue weighted by molar-refractivity contribution is 0.147. The number of para-hydroxylation sites is 1. The van der Waals surface area contributed by atoms with Gasteiger partial charge in [0.1, 0.15) is 11.8 Å². The minimum absolute atomic E-state index is 0.598. The lowest BCUT2D eigenvalue weighted by Crippen LogP contribution is -2.08. The zero-order valence-corrected chi connectivity index (χ0v) is 10.3. The van der Waals surface area contributed by atoms with Gasteiger partial charge >= 0.3 is 0 Å². The Labute approximate surface area is 102 Å². The molecule has 0 spiro atoms. The van der Waals surface area contributed by atoms with Crippen molar-refractivity contribution in [3.8, 4) is 11.8 Å². The zero-order valence-electron chi connectivity index (χ0n) is 10.3. The Morgan fingerprint density at radius 2 is 2.24 bits per heavy atom. The Morgan fingerprint density at radius 1 is 1.41 bits per heavy atom. The minimum Gasteiger partial charge on any atom is -0.495 e. The summed E-state index contributed by atoms with van der Waals surface area (Å²) in [6.07, 6.45) is 0.900. The fourth-order valence-corrected chi connectivity index (χ4v) is 1.51. The quantitative estimate of drug-likeness (QED) is 0.736. The molecule has 1 aromatic carbocycles. The van der Waals surface area contributed by atoms with E-state index >= 15 is 0 Å². The maximum Gasteiger partial charge on any atom is 0.143 e. The average molecular weight is 234 g/mol. The van der Waals surface area contributed by atoms with Gasteiger partial charge in [-0.25, -0.2) is 0 Å². The van der Waals surface area contributed by atoms with E-state index in [1.165, 1.54) is 0 Å². The molecule has 1 rings (SSSR count). The first-order valence-electron chi connectivity index (χ1n) is 5.72. The molecule has 0 radical (unpaired) electrons. The fraction of sp³-hybridized carbons (Fsp3) is 0.462. The third-order valence-electron chi connectivity index (χ3n) is 2.34. The second-order valence-electron chi connectivity index (χ2n) is 3.47. The lowest BCUT2D eigenvalue weighted by atomic mass is 10.1. The molecule has 0 aliphatic heterocycles. The SMILES string of the molecule is CCOCCCNc1c(C#N)cccc1OC. The summed E-state index contributed by atoms with van der Waals surface area (Å²) < 4.78 is 10.5. The predicted octanol–water partition coefficient (Wildman–Crippen LogP) is 2.41. The van der Waals surface area contributed by atoms with Crippen LogP contribution in [0.2, 0.25) is 0 Å². The van der Waals surface area contributed by atoms with E-state index in [0.717, 1.165) is 31.9 Å². The van der Waals surface area contributed by atoms with E-state index in [1.54, 1.807) is 13.2 Å². The van der Waals surface area contributed by atoms with E-state index in [0.29, 0.717) is 11.3 Å². The van der Waals surface area contributed by atoms with Crippen molar-refractivity contribution in [2.75, 3.05) is 32.2 Å². The number of methoxy groups -OCH3 is 1. The zero-order chi connectivity index (χ0) is 12.5. The van der Waals surface area contributed by atoms with E-state index < -0.39 is 0 Å². The topological polar surface area (TPSA) is 54.3 Å². The van der Waals surface area contributed by atoms with Gasteiger partial charge in [0, 0.05) is 19.8 Å². The molecule has 1 N–H and O–H groups in total. The fourth-order valence-electron chi connectivity index (χ4n) is 1.51. The van der Waals surface area contributed by atoms with Crippen molar-refractivity contribution in [2.24, 2.45) is 0 Å². The standard InChI is InChI=1S/C13H18N2O2/c1-3-17-9-5-8-15-13-11(10-14)6-4-7-12(13)16-2/h4,6-7,15H,3,5,8-9H2,1-2H3. The smallest absolute Gasteiger partial charge is 0.143 e. The normalized spacial score (nSPS) is 9.71. The summed E-state index contributed by atoms with van der Waals surface area (Å²) in [4.78, 5) is 0. The minimum atomic E-state index is 0.598. The van der Waals surface area contributed by atoms with E-state index in [4.69, 9.17) is 14.7 Å². The maximum absolute atomic E-state index is 9.01. The Balaban J connectivity index is 2.59. The molecule has 0 fully saturated rings. The maximum atomic E-state index is 9.01. The summed E-state index contributed by atoms with van der Waals surface area (Å²) in [7, 11) is 1.60. The number of hydrogen-bond donors (Lipinski definition) is 1. The van der Waals surface area contributed by atoms with E-state index in [9.17, 15) is 0 Å². The first kappa shape index (κ1) is 13.3. The van der Waals surface area contributed by atoms with Crippen molar-refractivity contribution in [1.29, 1.82) is 5.26 Å². The Bertz CT molecular complexity index is 385. The Hall–Kier alpha value is -1.73. The van der Waals surface area contributed by atoms with Crippen LogP contribution >= 0.6 is 0 Å². The van der Waals surface area contributed by atoms with E-state index in [1.807, 2.05) is 19.1 Å².